The first-order valence-electron chi connectivity index (χ1n) is 9.15. The first kappa shape index (κ1) is 18.0. The van der Waals surface area contributed by atoms with Gasteiger partial charge in [0, 0.05) is 52.9 Å². The molecule has 142 valence electrons. The van der Waals surface area contributed by atoms with E-state index in [1.54, 1.807) is 0 Å². The van der Waals surface area contributed by atoms with Crippen molar-refractivity contribution in [2.24, 2.45) is 5.73 Å². The molecule has 1 aromatic carbocycles. The van der Waals surface area contributed by atoms with Gasteiger partial charge in [0.2, 0.25) is 11.9 Å². The molecule has 0 bridgehead atoms. The number of rotatable bonds is 6. The molecule has 7 heteroatoms. The summed E-state index contributed by atoms with van der Waals surface area (Å²) in [7, 11) is 0. The maximum Gasteiger partial charge on any atom is 0.248 e. The number of pyridine rings is 1. The molecular formula is C21H20FN5O. The van der Waals surface area contributed by atoms with Crippen molar-refractivity contribution >= 4 is 11.9 Å². The van der Waals surface area contributed by atoms with Gasteiger partial charge in [-0.2, -0.15) is 0 Å². The predicted octanol–water partition coefficient (Wildman–Crippen LogP) is 3.31. The SMILES string of the molecule is NC(=O)c1ccc(F)c(-c2cnc(NCC3(c4ccccn4)CCC3)nc2)c1. The molecule has 1 fully saturated rings. The van der Waals surface area contributed by atoms with E-state index in [4.69, 9.17) is 5.73 Å². The number of nitrogens with two attached hydrogens (primary N) is 1. The van der Waals surface area contributed by atoms with Crippen LogP contribution in [0.5, 0.6) is 0 Å². The molecule has 0 radical (unpaired) electrons. The molecule has 0 unspecified atom stereocenters. The van der Waals surface area contributed by atoms with E-state index in [2.05, 4.69) is 26.3 Å². The van der Waals surface area contributed by atoms with E-state index in [1.807, 2.05) is 18.3 Å². The largest absolute Gasteiger partial charge is 0.366 e. The topological polar surface area (TPSA) is 93.8 Å². The van der Waals surface area contributed by atoms with Gasteiger partial charge in [0.25, 0.3) is 0 Å². The maximum absolute atomic E-state index is 14.1. The monoisotopic (exact) mass is 377 g/mol. The van der Waals surface area contributed by atoms with E-state index < -0.39 is 11.7 Å². The Labute approximate surface area is 162 Å². The third kappa shape index (κ3) is 3.43. The highest BCUT2D eigenvalue weighted by atomic mass is 19.1. The van der Waals surface area contributed by atoms with E-state index in [0.717, 1.165) is 18.5 Å². The molecule has 0 aliphatic heterocycles. The molecule has 3 N–H and O–H groups in total. The molecule has 6 nitrogen and oxygen atoms in total. The zero-order valence-corrected chi connectivity index (χ0v) is 15.2. The second-order valence-electron chi connectivity index (χ2n) is 7.06. The molecule has 1 aliphatic carbocycles. The first-order chi connectivity index (χ1) is 13.6. The Morgan fingerprint density at radius 2 is 1.93 bits per heavy atom. The molecule has 1 amide bonds. The number of carbonyl (C=O) groups excluding carboxylic acids is 1. The van der Waals surface area contributed by atoms with E-state index in [1.165, 1.54) is 37.0 Å². The number of halogens is 1. The number of aromatic nitrogens is 3. The van der Waals surface area contributed by atoms with Crippen molar-refractivity contribution in [1.82, 2.24) is 15.0 Å². The van der Waals surface area contributed by atoms with Crippen LogP contribution in [0.25, 0.3) is 11.1 Å². The summed E-state index contributed by atoms with van der Waals surface area (Å²) in [5.41, 5.74) is 7.32. The van der Waals surface area contributed by atoms with E-state index in [0.29, 0.717) is 18.1 Å². The van der Waals surface area contributed by atoms with Crippen LogP contribution in [0.2, 0.25) is 0 Å². The molecule has 4 rings (SSSR count). The highest BCUT2D eigenvalue weighted by molar-refractivity contribution is 5.94. The van der Waals surface area contributed by atoms with Gasteiger partial charge in [-0.15, -0.1) is 0 Å². The van der Waals surface area contributed by atoms with E-state index >= 15 is 0 Å². The summed E-state index contributed by atoms with van der Waals surface area (Å²) >= 11 is 0. The number of primary amides is 1. The number of benzene rings is 1. The second-order valence-corrected chi connectivity index (χ2v) is 7.06. The summed E-state index contributed by atoms with van der Waals surface area (Å²) < 4.78 is 14.1. The smallest absolute Gasteiger partial charge is 0.248 e. The predicted molar refractivity (Wildman–Crippen MR) is 104 cm³/mol. The van der Waals surface area contributed by atoms with E-state index in [9.17, 15) is 9.18 Å². The number of nitrogens with zero attached hydrogens (tertiary/aromatic N) is 3. The van der Waals surface area contributed by atoms with Crippen LogP contribution in [-0.4, -0.2) is 27.4 Å². The standard InChI is InChI=1S/C21H20FN5O/c22-17-6-5-14(19(23)28)10-16(17)15-11-25-20(26-12-15)27-13-21(7-3-8-21)18-4-1-2-9-24-18/h1-2,4-6,9-12H,3,7-8,13H2,(H2,23,28)(H,25,26,27). The van der Waals surface area contributed by atoms with Gasteiger partial charge in [-0.3, -0.25) is 9.78 Å². The lowest BCUT2D eigenvalue weighted by molar-refractivity contribution is 0.100. The van der Waals surface area contributed by atoms with Crippen LogP contribution in [0.1, 0.15) is 35.3 Å². The number of hydrogen-bond acceptors (Lipinski definition) is 5. The third-order valence-electron chi connectivity index (χ3n) is 5.32. The Bertz CT molecular complexity index is 987. The van der Waals surface area contributed by atoms with Crippen LogP contribution < -0.4 is 11.1 Å². The Morgan fingerprint density at radius 3 is 2.54 bits per heavy atom. The van der Waals surface area contributed by atoms with Gasteiger partial charge in [-0.25, -0.2) is 14.4 Å². The zero-order chi connectivity index (χ0) is 19.6. The summed E-state index contributed by atoms with van der Waals surface area (Å²) in [6.07, 6.45) is 8.20. The van der Waals surface area contributed by atoms with Gasteiger partial charge in [-0.05, 0) is 43.2 Å². The summed E-state index contributed by atoms with van der Waals surface area (Å²) in [5, 5.41) is 3.28. The molecule has 28 heavy (non-hydrogen) atoms. The van der Waals surface area contributed by atoms with Gasteiger partial charge < -0.3 is 11.1 Å². The van der Waals surface area contributed by atoms with Crippen molar-refractivity contribution in [2.75, 3.05) is 11.9 Å². The van der Waals surface area contributed by atoms with E-state index in [-0.39, 0.29) is 16.5 Å². The fraction of sp³-hybridized carbons (Fsp3) is 0.238. The van der Waals surface area contributed by atoms with Crippen molar-refractivity contribution < 1.29 is 9.18 Å². The Morgan fingerprint density at radius 1 is 1.14 bits per heavy atom. The Balaban J connectivity index is 1.50. The van der Waals surface area contributed by atoms with Crippen molar-refractivity contribution in [3.05, 3.63) is 72.1 Å². The number of amides is 1. The van der Waals surface area contributed by atoms with Crippen molar-refractivity contribution in [3.8, 4) is 11.1 Å². The van der Waals surface area contributed by atoms with Gasteiger partial charge in [0.15, 0.2) is 0 Å². The number of hydrogen-bond donors (Lipinski definition) is 2. The minimum atomic E-state index is -0.610. The highest BCUT2D eigenvalue weighted by Crippen LogP contribution is 2.42. The van der Waals surface area contributed by atoms with Crippen LogP contribution >= 0.6 is 0 Å². The summed E-state index contributed by atoms with van der Waals surface area (Å²) in [6, 6.07) is 9.95. The Hall–Kier alpha value is -3.35. The number of nitrogens with one attached hydrogen (secondary N) is 1. The van der Waals surface area contributed by atoms with Crippen molar-refractivity contribution in [2.45, 2.75) is 24.7 Å². The minimum Gasteiger partial charge on any atom is -0.366 e. The lowest BCUT2D eigenvalue weighted by atomic mass is 9.66. The fourth-order valence-corrected chi connectivity index (χ4v) is 3.51. The molecule has 3 aromatic rings. The van der Waals surface area contributed by atoms with Crippen LogP contribution in [0.4, 0.5) is 10.3 Å². The number of anilines is 1. The maximum atomic E-state index is 14.1. The van der Waals surface area contributed by atoms with Crippen LogP contribution in [0, 0.1) is 5.82 Å². The van der Waals surface area contributed by atoms with Crippen LogP contribution in [0.3, 0.4) is 0 Å². The molecule has 0 atom stereocenters. The molecule has 2 heterocycles. The summed E-state index contributed by atoms with van der Waals surface area (Å²) in [4.78, 5) is 24.4. The molecule has 0 saturated heterocycles. The first-order valence-corrected chi connectivity index (χ1v) is 9.15. The number of carbonyl (C=O) groups is 1. The minimum absolute atomic E-state index is 0.00518. The highest BCUT2D eigenvalue weighted by Gasteiger charge is 2.39. The molecule has 2 aromatic heterocycles. The average molecular weight is 377 g/mol. The molecule has 1 saturated carbocycles. The normalized spacial score (nSPS) is 14.9. The zero-order valence-electron chi connectivity index (χ0n) is 15.2. The third-order valence-corrected chi connectivity index (χ3v) is 5.32. The average Bonchev–Trinajstić information content (AvgIpc) is 2.69. The fourth-order valence-electron chi connectivity index (χ4n) is 3.51. The van der Waals surface area contributed by atoms with Gasteiger partial charge in [0.05, 0.1) is 0 Å². The van der Waals surface area contributed by atoms with Crippen LogP contribution in [-0.2, 0) is 5.41 Å². The van der Waals surface area contributed by atoms with Gasteiger partial charge in [-0.1, -0.05) is 12.5 Å². The van der Waals surface area contributed by atoms with Crippen molar-refractivity contribution in [1.29, 1.82) is 0 Å². The lowest BCUT2D eigenvalue weighted by Gasteiger charge is -2.41. The van der Waals surface area contributed by atoms with Gasteiger partial charge in [0.1, 0.15) is 5.82 Å². The lowest BCUT2D eigenvalue weighted by Crippen LogP contribution is -2.41. The van der Waals surface area contributed by atoms with Crippen LogP contribution in [0.15, 0.2) is 55.0 Å². The summed E-state index contributed by atoms with van der Waals surface area (Å²) in [6.45, 7) is 0.689. The van der Waals surface area contributed by atoms with Crippen molar-refractivity contribution in [3.63, 3.8) is 0 Å². The second kappa shape index (κ2) is 7.34. The quantitative estimate of drug-likeness (QED) is 0.687. The molecule has 0 spiro atoms. The molecular weight excluding hydrogens is 357 g/mol. The molecule has 1 aliphatic rings. The summed E-state index contributed by atoms with van der Waals surface area (Å²) in [5.74, 6) is -0.601. The Kier molecular flexibility index (Phi) is 4.73. The van der Waals surface area contributed by atoms with Gasteiger partial charge >= 0.3 is 0 Å².